The predicted octanol–water partition coefficient (Wildman–Crippen LogP) is 7.11. The van der Waals surface area contributed by atoms with Gasteiger partial charge < -0.3 is 9.73 Å². The van der Waals surface area contributed by atoms with Gasteiger partial charge in [0.15, 0.2) is 0 Å². The Balaban J connectivity index is 1.35. The first-order valence-corrected chi connectivity index (χ1v) is 13.5. The zero-order valence-electron chi connectivity index (χ0n) is 19.0. The topological polar surface area (TPSA) is 79.6 Å². The molecule has 0 saturated carbocycles. The predicted molar refractivity (Wildman–Crippen MR) is 146 cm³/mol. The van der Waals surface area contributed by atoms with Gasteiger partial charge in [-0.15, -0.1) is 0 Å². The lowest BCUT2D eigenvalue weighted by molar-refractivity contribution is 0.102. The molecule has 0 unspecified atom stereocenters. The Bertz CT molecular complexity index is 1690. The molecule has 0 atom stereocenters. The molecule has 1 heterocycles. The first kappa shape index (κ1) is 24.2. The van der Waals surface area contributed by atoms with Gasteiger partial charge in [0.2, 0.25) is 10.0 Å². The van der Waals surface area contributed by atoms with Crippen LogP contribution in [0.15, 0.2) is 89.3 Å². The monoisotopic (exact) mass is 538 g/mol. The molecule has 4 aromatic carbocycles. The Kier molecular flexibility index (Phi) is 6.38. The summed E-state index contributed by atoms with van der Waals surface area (Å²) in [5.41, 5.74) is 3.37. The van der Waals surface area contributed by atoms with E-state index in [1.807, 2.05) is 36.4 Å². The van der Waals surface area contributed by atoms with Crippen LogP contribution in [0.4, 0.5) is 11.4 Å². The van der Waals surface area contributed by atoms with Crippen LogP contribution in [0.25, 0.3) is 21.9 Å². The number of fused-ring (bicyclic) bond motifs is 3. The summed E-state index contributed by atoms with van der Waals surface area (Å²) in [6.07, 6.45) is 1.09. The van der Waals surface area contributed by atoms with Crippen LogP contribution in [0, 0.1) is 0 Å². The molecular formula is C27H20Cl2N2O4S. The van der Waals surface area contributed by atoms with Gasteiger partial charge in [0.05, 0.1) is 28.5 Å². The van der Waals surface area contributed by atoms with Crippen LogP contribution in [0.2, 0.25) is 10.0 Å². The molecule has 0 saturated heterocycles. The van der Waals surface area contributed by atoms with Crippen LogP contribution >= 0.6 is 23.2 Å². The minimum Gasteiger partial charge on any atom is -0.456 e. The van der Waals surface area contributed by atoms with Crippen LogP contribution in [0.5, 0.6) is 0 Å². The number of halogens is 2. The van der Waals surface area contributed by atoms with Gasteiger partial charge in [-0.3, -0.25) is 9.10 Å². The van der Waals surface area contributed by atoms with E-state index in [1.165, 1.54) is 0 Å². The van der Waals surface area contributed by atoms with E-state index in [0.29, 0.717) is 22.4 Å². The molecule has 0 aliphatic heterocycles. The van der Waals surface area contributed by atoms with E-state index in [-0.39, 0.29) is 28.2 Å². The van der Waals surface area contributed by atoms with Crippen molar-refractivity contribution in [2.24, 2.45) is 0 Å². The molecule has 0 spiro atoms. The lowest BCUT2D eigenvalue weighted by atomic mass is 10.1. The summed E-state index contributed by atoms with van der Waals surface area (Å²) in [4.78, 5) is 12.8. The van der Waals surface area contributed by atoms with E-state index in [0.717, 1.165) is 26.9 Å². The third-order valence-electron chi connectivity index (χ3n) is 5.77. The lowest BCUT2D eigenvalue weighted by Crippen LogP contribution is -2.29. The molecule has 0 aliphatic rings. The number of benzene rings is 4. The van der Waals surface area contributed by atoms with Gasteiger partial charge in [0.1, 0.15) is 11.2 Å². The van der Waals surface area contributed by atoms with Crippen LogP contribution < -0.4 is 9.62 Å². The number of nitrogens with one attached hydrogen (secondary N) is 1. The molecule has 0 bridgehead atoms. The minimum absolute atomic E-state index is 0.00685. The molecule has 36 heavy (non-hydrogen) atoms. The number of amides is 1. The highest BCUT2D eigenvalue weighted by Crippen LogP contribution is 2.36. The number of nitrogens with zero attached hydrogens (tertiary/aromatic N) is 1. The van der Waals surface area contributed by atoms with Crippen molar-refractivity contribution in [2.75, 3.05) is 15.9 Å². The Labute approximate surface area is 218 Å². The average molecular weight is 539 g/mol. The Morgan fingerprint density at radius 3 is 2.22 bits per heavy atom. The van der Waals surface area contributed by atoms with Gasteiger partial charge in [0, 0.05) is 28.1 Å². The Hall–Kier alpha value is -3.52. The van der Waals surface area contributed by atoms with Gasteiger partial charge in [-0.05, 0) is 48.0 Å². The van der Waals surface area contributed by atoms with Crippen LogP contribution in [-0.2, 0) is 16.6 Å². The number of carbonyl (C=O) groups excluding carboxylic acids is 1. The molecular weight excluding hydrogens is 519 g/mol. The molecule has 1 amide bonds. The highest BCUT2D eigenvalue weighted by Gasteiger charge is 2.23. The van der Waals surface area contributed by atoms with Crippen LogP contribution in [0.3, 0.4) is 0 Å². The number of rotatable bonds is 6. The number of sulfonamides is 1. The summed E-state index contributed by atoms with van der Waals surface area (Å²) in [7, 11) is -3.68. The first-order valence-electron chi connectivity index (χ1n) is 10.9. The van der Waals surface area contributed by atoms with Gasteiger partial charge >= 0.3 is 0 Å². The number of anilines is 2. The zero-order valence-corrected chi connectivity index (χ0v) is 21.4. The van der Waals surface area contributed by atoms with E-state index < -0.39 is 10.0 Å². The maximum Gasteiger partial charge on any atom is 0.255 e. The standard InChI is InChI=1S/C27H20Cl2N2O4S/c1-36(33,34)31(26-22(28)6-4-7-23(26)29)16-17-9-11-18(12-10-17)27(32)30-19-13-14-21-20-5-2-3-8-24(20)35-25(21)15-19/h2-15H,16H2,1H3,(H,30,32). The van der Waals surface area contributed by atoms with Crippen molar-refractivity contribution in [1.29, 1.82) is 0 Å². The van der Waals surface area contributed by atoms with Crippen molar-refractivity contribution in [3.63, 3.8) is 0 Å². The van der Waals surface area contributed by atoms with Gasteiger partial charge in [-0.2, -0.15) is 0 Å². The molecule has 0 radical (unpaired) electrons. The highest BCUT2D eigenvalue weighted by atomic mass is 35.5. The zero-order chi connectivity index (χ0) is 25.4. The quantitative estimate of drug-likeness (QED) is 0.249. The van der Waals surface area contributed by atoms with Crippen molar-refractivity contribution < 1.29 is 17.6 Å². The van der Waals surface area contributed by atoms with Gasteiger partial charge in [0.25, 0.3) is 5.91 Å². The summed E-state index contributed by atoms with van der Waals surface area (Å²) < 4.78 is 32.1. The smallest absolute Gasteiger partial charge is 0.255 e. The second-order valence-electron chi connectivity index (χ2n) is 8.30. The Morgan fingerprint density at radius 1 is 0.861 bits per heavy atom. The van der Waals surface area contributed by atoms with Gasteiger partial charge in [-0.25, -0.2) is 8.42 Å². The maximum absolute atomic E-state index is 12.8. The lowest BCUT2D eigenvalue weighted by Gasteiger charge is -2.24. The van der Waals surface area contributed by atoms with Crippen molar-refractivity contribution >= 4 is 72.4 Å². The average Bonchev–Trinajstić information content (AvgIpc) is 3.21. The van der Waals surface area contributed by atoms with E-state index in [4.69, 9.17) is 27.6 Å². The summed E-state index contributed by atoms with van der Waals surface area (Å²) in [6, 6.07) is 24.8. The molecule has 182 valence electrons. The fourth-order valence-electron chi connectivity index (χ4n) is 4.02. The number of hydrogen-bond acceptors (Lipinski definition) is 4. The normalized spacial score (nSPS) is 11.6. The second kappa shape index (κ2) is 9.50. The molecule has 5 aromatic rings. The van der Waals surface area contributed by atoms with E-state index in [9.17, 15) is 13.2 Å². The maximum atomic E-state index is 12.8. The number of para-hydroxylation sites is 2. The molecule has 1 N–H and O–H groups in total. The molecule has 6 nitrogen and oxygen atoms in total. The Morgan fingerprint density at radius 2 is 1.53 bits per heavy atom. The molecule has 1 aromatic heterocycles. The fraction of sp³-hybridized carbons (Fsp3) is 0.0741. The second-order valence-corrected chi connectivity index (χ2v) is 11.0. The highest BCUT2D eigenvalue weighted by molar-refractivity contribution is 7.92. The summed E-state index contributed by atoms with van der Waals surface area (Å²) in [5.74, 6) is -0.300. The largest absolute Gasteiger partial charge is 0.456 e. The fourth-order valence-corrected chi connectivity index (χ4v) is 5.64. The van der Waals surface area contributed by atoms with Crippen LogP contribution in [-0.4, -0.2) is 20.6 Å². The minimum atomic E-state index is -3.68. The first-order chi connectivity index (χ1) is 17.2. The van der Waals surface area contributed by atoms with Gasteiger partial charge in [-0.1, -0.05) is 59.6 Å². The van der Waals surface area contributed by atoms with E-state index in [2.05, 4.69) is 5.32 Å². The molecule has 0 aliphatic carbocycles. The summed E-state index contributed by atoms with van der Waals surface area (Å²) in [5, 5.41) is 5.32. The third-order valence-corrected chi connectivity index (χ3v) is 7.49. The number of carbonyl (C=O) groups is 1. The van der Waals surface area contributed by atoms with Crippen molar-refractivity contribution in [3.8, 4) is 0 Å². The third kappa shape index (κ3) is 4.78. The van der Waals surface area contributed by atoms with Crippen molar-refractivity contribution in [3.05, 3.63) is 106 Å². The molecule has 0 fully saturated rings. The SMILES string of the molecule is CS(=O)(=O)N(Cc1ccc(C(=O)Nc2ccc3c(c2)oc2ccccc23)cc1)c1c(Cl)cccc1Cl. The number of hydrogen-bond donors (Lipinski definition) is 1. The van der Waals surface area contributed by atoms with Crippen molar-refractivity contribution in [2.45, 2.75) is 6.54 Å². The van der Waals surface area contributed by atoms with E-state index >= 15 is 0 Å². The molecule has 9 heteroatoms. The van der Waals surface area contributed by atoms with E-state index in [1.54, 1.807) is 48.5 Å². The number of furan rings is 1. The summed E-state index contributed by atoms with van der Waals surface area (Å²) in [6.45, 7) is 0.00685. The molecule has 5 rings (SSSR count). The van der Waals surface area contributed by atoms with Crippen molar-refractivity contribution in [1.82, 2.24) is 0 Å². The van der Waals surface area contributed by atoms with Crippen LogP contribution in [0.1, 0.15) is 15.9 Å². The summed E-state index contributed by atoms with van der Waals surface area (Å²) >= 11 is 12.5.